The minimum Gasteiger partial charge on any atom is -0.330 e. The van der Waals surface area contributed by atoms with Crippen molar-refractivity contribution in [2.24, 2.45) is 11.7 Å². The molecule has 0 bridgehead atoms. The third-order valence-corrected chi connectivity index (χ3v) is 5.53. The van der Waals surface area contributed by atoms with Crippen LogP contribution in [-0.4, -0.2) is 37.5 Å². The Hall–Kier alpha value is -0.160. The quantitative estimate of drug-likeness (QED) is 0.859. The van der Waals surface area contributed by atoms with Crippen molar-refractivity contribution in [3.8, 4) is 0 Å². The van der Waals surface area contributed by atoms with E-state index in [1.807, 2.05) is 23.5 Å². The molecule has 2 unspecified atom stereocenters. The van der Waals surface area contributed by atoms with Crippen LogP contribution in [-0.2, 0) is 0 Å². The first-order valence-corrected chi connectivity index (χ1v) is 8.77. The van der Waals surface area contributed by atoms with Crippen molar-refractivity contribution in [3.63, 3.8) is 0 Å². The van der Waals surface area contributed by atoms with Crippen LogP contribution in [0.2, 0.25) is 0 Å². The Balaban J connectivity index is 2.33. The molecule has 100 valence electrons. The molecule has 1 aromatic carbocycles. The van der Waals surface area contributed by atoms with Crippen LogP contribution in [0.25, 0.3) is 0 Å². The highest BCUT2D eigenvalue weighted by Gasteiger charge is 2.31. The molecule has 1 saturated heterocycles. The van der Waals surface area contributed by atoms with Gasteiger partial charge in [0.1, 0.15) is 0 Å². The zero-order valence-corrected chi connectivity index (χ0v) is 13.0. The molecule has 0 aliphatic carbocycles. The fraction of sp³-hybridized carbons (Fsp3) is 0.571. The molecule has 0 amide bonds. The van der Waals surface area contributed by atoms with Crippen LogP contribution in [0.5, 0.6) is 0 Å². The summed E-state index contributed by atoms with van der Waals surface area (Å²) in [5.41, 5.74) is 7.31. The van der Waals surface area contributed by atoms with Gasteiger partial charge in [0.2, 0.25) is 0 Å². The predicted octanol–water partition coefficient (Wildman–Crippen LogP) is 3.08. The molecule has 0 saturated carbocycles. The normalized spacial score (nSPS) is 24.7. The Kier molecular flexibility index (Phi) is 5.01. The van der Waals surface area contributed by atoms with Crippen LogP contribution in [0.1, 0.15) is 18.0 Å². The molecular weight excluding hydrogens is 260 g/mol. The van der Waals surface area contributed by atoms with Crippen molar-refractivity contribution >= 4 is 23.5 Å². The Labute approximate surface area is 119 Å². The van der Waals surface area contributed by atoms with E-state index in [-0.39, 0.29) is 0 Å². The molecule has 1 aliphatic heterocycles. The molecule has 2 nitrogen and oxygen atoms in total. The summed E-state index contributed by atoms with van der Waals surface area (Å²) in [7, 11) is 2.22. The minimum atomic E-state index is 0.535. The third-order valence-electron chi connectivity index (χ3n) is 3.76. The summed E-state index contributed by atoms with van der Waals surface area (Å²) in [4.78, 5) is 5.29. The van der Waals surface area contributed by atoms with Crippen LogP contribution in [0.15, 0.2) is 28.0 Å². The van der Waals surface area contributed by atoms with E-state index in [0.717, 1.165) is 13.1 Å². The minimum absolute atomic E-state index is 0.535. The molecule has 1 heterocycles. The van der Waals surface area contributed by atoms with E-state index < -0.39 is 0 Å². The van der Waals surface area contributed by atoms with E-state index in [2.05, 4.69) is 42.7 Å². The molecular formula is C14H22N2S2. The lowest BCUT2D eigenvalue weighted by Gasteiger charge is -2.23. The molecule has 2 rings (SSSR count). The number of benzene rings is 1. The second-order valence-corrected chi connectivity index (χ2v) is 6.54. The first-order chi connectivity index (χ1) is 8.71. The molecule has 0 radical (unpaired) electrons. The maximum atomic E-state index is 5.83. The van der Waals surface area contributed by atoms with Gasteiger partial charge < -0.3 is 5.73 Å². The molecule has 2 N–H and O–H groups in total. The fourth-order valence-corrected chi connectivity index (χ4v) is 4.54. The third kappa shape index (κ3) is 2.72. The highest BCUT2D eigenvalue weighted by molar-refractivity contribution is 8.01. The highest BCUT2D eigenvalue weighted by Crippen LogP contribution is 2.41. The number of rotatable bonds is 4. The predicted molar refractivity (Wildman–Crippen MR) is 82.5 cm³/mol. The second-order valence-electron chi connectivity index (χ2n) is 4.88. The van der Waals surface area contributed by atoms with Gasteiger partial charge in [0.05, 0.1) is 0 Å². The lowest BCUT2D eigenvalue weighted by Crippen LogP contribution is -2.20. The lowest BCUT2D eigenvalue weighted by atomic mass is 10.00. The van der Waals surface area contributed by atoms with Crippen LogP contribution in [0.3, 0.4) is 0 Å². The summed E-state index contributed by atoms with van der Waals surface area (Å²) in [5.74, 6) is 0.646. The van der Waals surface area contributed by atoms with Gasteiger partial charge >= 0.3 is 0 Å². The van der Waals surface area contributed by atoms with Gasteiger partial charge in [-0.15, -0.1) is 23.5 Å². The van der Waals surface area contributed by atoms with Gasteiger partial charge in [-0.25, -0.2) is 0 Å². The Morgan fingerprint density at radius 1 is 1.33 bits per heavy atom. The highest BCUT2D eigenvalue weighted by atomic mass is 32.2. The first kappa shape index (κ1) is 14.3. The second kappa shape index (κ2) is 6.33. The van der Waals surface area contributed by atoms with E-state index in [4.69, 9.17) is 5.73 Å². The van der Waals surface area contributed by atoms with Gasteiger partial charge in [0.15, 0.2) is 0 Å². The standard InChI is InChI=1S/C14H22N2S2/c1-16-9-10(8-15)7-12(16)11-5-4-6-13(17-2)14(11)18-3/h4-6,10,12H,7-9,15H2,1-3H3. The van der Waals surface area contributed by atoms with Crippen molar-refractivity contribution < 1.29 is 0 Å². The van der Waals surface area contributed by atoms with Gasteiger partial charge in [-0.3, -0.25) is 4.90 Å². The smallest absolute Gasteiger partial charge is 0.0360 e. The Bertz CT molecular complexity index is 409. The molecule has 1 fully saturated rings. The van der Waals surface area contributed by atoms with Gasteiger partial charge in [-0.05, 0) is 50.1 Å². The SMILES string of the molecule is CSc1cccc(C2CC(CN)CN2C)c1SC. The first-order valence-electron chi connectivity index (χ1n) is 6.32. The average Bonchev–Trinajstić information content (AvgIpc) is 2.78. The zero-order valence-electron chi connectivity index (χ0n) is 11.3. The number of thioether (sulfide) groups is 2. The van der Waals surface area contributed by atoms with Crippen molar-refractivity contribution in [1.82, 2.24) is 4.90 Å². The maximum absolute atomic E-state index is 5.83. The molecule has 18 heavy (non-hydrogen) atoms. The number of nitrogens with two attached hydrogens (primary N) is 1. The van der Waals surface area contributed by atoms with Crippen LogP contribution >= 0.6 is 23.5 Å². The van der Waals surface area contributed by atoms with Crippen LogP contribution in [0, 0.1) is 5.92 Å². The largest absolute Gasteiger partial charge is 0.330 e. The van der Waals surface area contributed by atoms with Gasteiger partial charge in [-0.2, -0.15) is 0 Å². The molecule has 2 atom stereocenters. The van der Waals surface area contributed by atoms with Gasteiger partial charge in [0, 0.05) is 22.4 Å². The summed E-state index contributed by atoms with van der Waals surface area (Å²) in [6, 6.07) is 7.22. The zero-order chi connectivity index (χ0) is 13.1. The van der Waals surface area contributed by atoms with Crippen molar-refractivity contribution in [1.29, 1.82) is 0 Å². The van der Waals surface area contributed by atoms with E-state index in [1.165, 1.54) is 21.8 Å². The number of nitrogens with zero attached hydrogens (tertiary/aromatic N) is 1. The van der Waals surface area contributed by atoms with Crippen molar-refractivity contribution in [3.05, 3.63) is 23.8 Å². The summed E-state index contributed by atoms with van der Waals surface area (Å²) in [6.07, 6.45) is 5.52. The van der Waals surface area contributed by atoms with Crippen molar-refractivity contribution in [2.45, 2.75) is 22.3 Å². The Morgan fingerprint density at radius 3 is 2.67 bits per heavy atom. The number of hydrogen-bond acceptors (Lipinski definition) is 4. The van der Waals surface area contributed by atoms with Crippen molar-refractivity contribution in [2.75, 3.05) is 32.6 Å². The van der Waals surface area contributed by atoms with Gasteiger partial charge in [0.25, 0.3) is 0 Å². The molecule has 0 aromatic heterocycles. The van der Waals surface area contributed by atoms with Crippen LogP contribution < -0.4 is 5.73 Å². The molecule has 4 heteroatoms. The number of hydrogen-bond donors (Lipinski definition) is 1. The van der Waals surface area contributed by atoms with Crippen LogP contribution in [0.4, 0.5) is 0 Å². The van der Waals surface area contributed by atoms with E-state index in [9.17, 15) is 0 Å². The van der Waals surface area contributed by atoms with E-state index >= 15 is 0 Å². The molecule has 1 aromatic rings. The monoisotopic (exact) mass is 282 g/mol. The lowest BCUT2D eigenvalue weighted by molar-refractivity contribution is 0.310. The summed E-state index contributed by atoms with van der Waals surface area (Å²) in [6.45, 7) is 1.93. The summed E-state index contributed by atoms with van der Waals surface area (Å²) >= 11 is 3.70. The Morgan fingerprint density at radius 2 is 2.11 bits per heavy atom. The van der Waals surface area contributed by atoms with Gasteiger partial charge in [-0.1, -0.05) is 12.1 Å². The van der Waals surface area contributed by atoms with E-state index in [1.54, 1.807) is 0 Å². The summed E-state index contributed by atoms with van der Waals surface area (Å²) < 4.78 is 0. The van der Waals surface area contributed by atoms with E-state index in [0.29, 0.717) is 12.0 Å². The fourth-order valence-electron chi connectivity index (χ4n) is 2.81. The molecule has 0 spiro atoms. The average molecular weight is 282 g/mol. The summed E-state index contributed by atoms with van der Waals surface area (Å²) in [5, 5.41) is 0. The maximum Gasteiger partial charge on any atom is 0.0360 e. The molecule has 1 aliphatic rings. The topological polar surface area (TPSA) is 29.3 Å². The number of likely N-dealkylation sites (tertiary alicyclic amines) is 1.